The molecule has 1 aromatic carbocycles. The number of ether oxygens (including phenoxy) is 1. The molecule has 30 heavy (non-hydrogen) atoms. The zero-order valence-electron chi connectivity index (χ0n) is 16.8. The summed E-state index contributed by atoms with van der Waals surface area (Å²) in [7, 11) is 6.65. The van der Waals surface area contributed by atoms with Crippen molar-refractivity contribution in [2.45, 2.75) is 0 Å². The van der Waals surface area contributed by atoms with Crippen molar-refractivity contribution >= 4 is 21.9 Å². The highest BCUT2D eigenvalue weighted by atomic mass is 19.1. The number of fused-ring (bicyclic) bond motifs is 3. The van der Waals surface area contributed by atoms with E-state index in [9.17, 15) is 9.18 Å². The number of aryl methyl sites for hydroxylation is 3. The maximum Gasteiger partial charge on any atom is 0.333 e. The minimum Gasteiger partial charge on any atom is -0.496 e. The first-order valence-electron chi connectivity index (χ1n) is 9.15. The Hall–Kier alpha value is -3.95. The SMILES string of the molecule is COc1cc2ncc3c(c2cc1-c1cnn(C)c1)n(-c1cn(C)nc1F)c(=O)n3C. The number of aromatic nitrogens is 7. The van der Waals surface area contributed by atoms with E-state index in [1.165, 1.54) is 20.0 Å². The van der Waals surface area contributed by atoms with Crippen molar-refractivity contribution in [1.82, 2.24) is 33.7 Å². The molecule has 0 spiro atoms. The van der Waals surface area contributed by atoms with Crippen LogP contribution in [0.15, 0.2) is 41.7 Å². The lowest BCUT2D eigenvalue weighted by Gasteiger charge is -2.10. The van der Waals surface area contributed by atoms with E-state index in [1.54, 1.807) is 44.3 Å². The van der Waals surface area contributed by atoms with Gasteiger partial charge in [-0.1, -0.05) is 0 Å². The summed E-state index contributed by atoms with van der Waals surface area (Å²) in [6.45, 7) is 0. The van der Waals surface area contributed by atoms with Gasteiger partial charge in [0.05, 0.1) is 42.3 Å². The molecule has 0 saturated heterocycles. The molecular formula is C20H18FN7O2. The second-order valence-corrected chi connectivity index (χ2v) is 7.12. The van der Waals surface area contributed by atoms with Gasteiger partial charge >= 0.3 is 5.69 Å². The second kappa shape index (κ2) is 6.28. The van der Waals surface area contributed by atoms with Crippen molar-refractivity contribution in [3.8, 4) is 22.6 Å². The molecular weight excluding hydrogens is 389 g/mol. The van der Waals surface area contributed by atoms with Gasteiger partial charge in [-0.3, -0.25) is 23.5 Å². The van der Waals surface area contributed by atoms with E-state index in [2.05, 4.69) is 15.2 Å². The predicted octanol–water partition coefficient (Wildman–Crippen LogP) is 2.16. The molecule has 0 aliphatic rings. The van der Waals surface area contributed by atoms with Gasteiger partial charge in [0.15, 0.2) is 0 Å². The Bertz CT molecular complexity index is 1510. The maximum absolute atomic E-state index is 14.5. The van der Waals surface area contributed by atoms with Crippen LogP contribution in [0.1, 0.15) is 0 Å². The third-order valence-electron chi connectivity index (χ3n) is 5.23. The van der Waals surface area contributed by atoms with Gasteiger partial charge in [0.25, 0.3) is 5.95 Å². The summed E-state index contributed by atoms with van der Waals surface area (Å²) in [5, 5.41) is 8.68. The Labute approximate surface area is 169 Å². The molecule has 0 amide bonds. The Morgan fingerprint density at radius 3 is 2.50 bits per heavy atom. The number of imidazole rings is 1. The summed E-state index contributed by atoms with van der Waals surface area (Å²) in [6.07, 6.45) is 6.69. The highest BCUT2D eigenvalue weighted by Gasteiger charge is 2.21. The Morgan fingerprint density at radius 1 is 1.07 bits per heavy atom. The molecule has 0 aliphatic carbocycles. The van der Waals surface area contributed by atoms with Gasteiger partial charge in [-0.05, 0) is 6.07 Å². The van der Waals surface area contributed by atoms with Gasteiger partial charge in [0, 0.05) is 49.9 Å². The van der Waals surface area contributed by atoms with Crippen LogP contribution < -0.4 is 10.4 Å². The van der Waals surface area contributed by atoms with Crippen molar-refractivity contribution in [3.63, 3.8) is 0 Å². The van der Waals surface area contributed by atoms with Crippen LogP contribution in [0.25, 0.3) is 38.8 Å². The van der Waals surface area contributed by atoms with E-state index in [1.807, 2.05) is 19.3 Å². The van der Waals surface area contributed by atoms with Crippen molar-refractivity contribution in [1.29, 1.82) is 0 Å². The normalized spacial score (nSPS) is 11.6. The number of nitrogens with zero attached hydrogens (tertiary/aromatic N) is 7. The number of rotatable bonds is 3. The average molecular weight is 407 g/mol. The topological polar surface area (TPSA) is 84.7 Å². The fourth-order valence-electron chi connectivity index (χ4n) is 3.80. The maximum atomic E-state index is 14.5. The molecule has 0 aliphatic heterocycles. The molecule has 5 aromatic rings. The van der Waals surface area contributed by atoms with Crippen LogP contribution in [0.2, 0.25) is 0 Å². The zero-order valence-corrected chi connectivity index (χ0v) is 16.8. The highest BCUT2D eigenvalue weighted by molar-refractivity contribution is 6.05. The van der Waals surface area contributed by atoms with Crippen LogP contribution in [-0.2, 0) is 21.1 Å². The molecule has 5 rings (SSSR count). The molecule has 0 atom stereocenters. The molecule has 0 unspecified atom stereocenters. The average Bonchev–Trinajstić information content (AvgIpc) is 3.37. The lowest BCUT2D eigenvalue weighted by Crippen LogP contribution is -2.21. The predicted molar refractivity (Wildman–Crippen MR) is 109 cm³/mol. The Kier molecular flexibility index (Phi) is 3.79. The Balaban J connectivity index is 1.94. The van der Waals surface area contributed by atoms with Crippen LogP contribution in [0.5, 0.6) is 5.75 Å². The third-order valence-corrected chi connectivity index (χ3v) is 5.23. The van der Waals surface area contributed by atoms with Crippen molar-refractivity contribution in [2.24, 2.45) is 21.1 Å². The monoisotopic (exact) mass is 407 g/mol. The molecule has 0 radical (unpaired) electrons. The lowest BCUT2D eigenvalue weighted by molar-refractivity contribution is 0.417. The fourth-order valence-corrected chi connectivity index (χ4v) is 3.80. The second-order valence-electron chi connectivity index (χ2n) is 7.12. The molecule has 4 heterocycles. The van der Waals surface area contributed by atoms with E-state index in [0.29, 0.717) is 27.7 Å². The standard InChI is InChI=1S/C20H18FN7O2/c1-25-9-11(7-23-25)12-5-13-14(6-17(12)30-4)22-8-15-18(13)28(20(29)27(15)3)16-10-26(2)24-19(16)21/h5-10H,1-4H3. The summed E-state index contributed by atoms with van der Waals surface area (Å²) < 4.78 is 25.9. The van der Waals surface area contributed by atoms with Crippen molar-refractivity contribution in [3.05, 3.63) is 53.4 Å². The number of benzene rings is 1. The summed E-state index contributed by atoms with van der Waals surface area (Å²) in [4.78, 5) is 17.5. The number of methoxy groups -OCH3 is 1. The van der Waals surface area contributed by atoms with Gasteiger partial charge in [-0.2, -0.15) is 9.49 Å². The molecule has 0 bridgehead atoms. The number of pyridine rings is 1. The van der Waals surface area contributed by atoms with Gasteiger partial charge in [-0.25, -0.2) is 4.79 Å². The van der Waals surface area contributed by atoms with Crippen LogP contribution >= 0.6 is 0 Å². The fraction of sp³-hybridized carbons (Fsp3) is 0.200. The molecule has 0 fully saturated rings. The van der Waals surface area contributed by atoms with Gasteiger partial charge < -0.3 is 4.74 Å². The third kappa shape index (κ3) is 2.46. The van der Waals surface area contributed by atoms with Gasteiger partial charge in [0.2, 0.25) is 0 Å². The van der Waals surface area contributed by atoms with Crippen LogP contribution in [0.4, 0.5) is 4.39 Å². The number of halogens is 1. The Morgan fingerprint density at radius 2 is 1.87 bits per heavy atom. The minimum atomic E-state index is -0.724. The van der Waals surface area contributed by atoms with E-state index in [4.69, 9.17) is 4.74 Å². The molecule has 9 nitrogen and oxygen atoms in total. The van der Waals surface area contributed by atoms with Crippen molar-refractivity contribution in [2.75, 3.05) is 7.11 Å². The highest BCUT2D eigenvalue weighted by Crippen LogP contribution is 2.36. The van der Waals surface area contributed by atoms with E-state index < -0.39 is 5.95 Å². The first kappa shape index (κ1) is 18.1. The summed E-state index contributed by atoms with van der Waals surface area (Å²) in [6, 6.07) is 3.70. The first-order valence-corrected chi connectivity index (χ1v) is 9.15. The lowest BCUT2D eigenvalue weighted by atomic mass is 10.0. The minimum absolute atomic E-state index is 0.0827. The largest absolute Gasteiger partial charge is 0.496 e. The molecule has 152 valence electrons. The van der Waals surface area contributed by atoms with Gasteiger partial charge in [-0.15, -0.1) is 5.10 Å². The molecule has 10 heteroatoms. The van der Waals surface area contributed by atoms with Crippen LogP contribution in [0.3, 0.4) is 0 Å². The molecule has 0 N–H and O–H groups in total. The number of hydrogen-bond donors (Lipinski definition) is 0. The van der Waals surface area contributed by atoms with E-state index in [-0.39, 0.29) is 11.4 Å². The quantitative estimate of drug-likeness (QED) is 0.458. The summed E-state index contributed by atoms with van der Waals surface area (Å²) in [5.74, 6) is -0.0993. The zero-order chi connectivity index (χ0) is 21.2. The van der Waals surface area contributed by atoms with Crippen molar-refractivity contribution < 1.29 is 9.13 Å². The molecule has 0 saturated carbocycles. The van der Waals surface area contributed by atoms with Gasteiger partial charge in [0.1, 0.15) is 11.4 Å². The van der Waals surface area contributed by atoms with Crippen LogP contribution in [-0.4, -0.2) is 40.8 Å². The van der Waals surface area contributed by atoms with E-state index in [0.717, 1.165) is 11.1 Å². The smallest absolute Gasteiger partial charge is 0.333 e. The summed E-state index contributed by atoms with van der Waals surface area (Å²) in [5.41, 5.74) is 3.10. The van der Waals surface area contributed by atoms with E-state index >= 15 is 0 Å². The first-order chi connectivity index (χ1) is 14.4. The number of hydrogen-bond acceptors (Lipinski definition) is 5. The summed E-state index contributed by atoms with van der Waals surface area (Å²) >= 11 is 0. The molecule has 4 aromatic heterocycles. The van der Waals surface area contributed by atoms with Crippen LogP contribution in [0, 0.1) is 5.95 Å².